The number of nitrogen functional groups attached to an aromatic ring is 2. The first-order chi connectivity index (χ1) is 20.2. The Morgan fingerprint density at radius 1 is 1.14 bits per heavy atom. The lowest BCUT2D eigenvalue weighted by molar-refractivity contribution is 0.0693. The minimum atomic E-state index is -1.18. The first kappa shape index (κ1) is 28.5. The molecular formula is C32H33N5O5. The number of pyridine rings is 1. The van der Waals surface area contributed by atoms with Gasteiger partial charge in [-0.25, -0.2) is 9.78 Å². The maximum absolute atomic E-state index is 13.3. The van der Waals surface area contributed by atoms with Crippen LogP contribution in [0.2, 0.25) is 0 Å². The number of fused-ring (bicyclic) bond motifs is 1. The summed E-state index contributed by atoms with van der Waals surface area (Å²) in [6, 6.07) is 9.01. The Balaban J connectivity index is 1.61. The number of carboxylic acids is 1. The van der Waals surface area contributed by atoms with Gasteiger partial charge in [0.1, 0.15) is 11.4 Å². The van der Waals surface area contributed by atoms with Crippen molar-refractivity contribution in [3.05, 3.63) is 80.3 Å². The van der Waals surface area contributed by atoms with Crippen LogP contribution in [0.3, 0.4) is 0 Å². The lowest BCUT2D eigenvalue weighted by Crippen LogP contribution is -2.25. The van der Waals surface area contributed by atoms with Crippen LogP contribution in [0, 0.1) is 17.8 Å². The van der Waals surface area contributed by atoms with Gasteiger partial charge >= 0.3 is 5.97 Å². The number of methoxy groups -OCH3 is 2. The van der Waals surface area contributed by atoms with Crippen LogP contribution in [0.1, 0.15) is 64.5 Å². The van der Waals surface area contributed by atoms with Gasteiger partial charge in [-0.3, -0.25) is 4.79 Å². The number of nitrogens with zero attached hydrogens (tertiary/aromatic N) is 3. The standard InChI is InChI=1S/C32H33N5O5/c1-4-11-37-24-14-19(8-10-23(24)28(38)27(31(39)40)25(37)15-18-5-6-18)7-9-21-12-20(16-26(41-2)29(21)42-3)13-22-17-35-32(34)36-30(22)33/h8,10,12,14,16-18H,4-6,11,13,15H2,1-3H3,(H,39,40)(H4,33,34,35,36). The molecule has 10 nitrogen and oxygen atoms in total. The van der Waals surface area contributed by atoms with E-state index in [4.69, 9.17) is 20.9 Å². The fraction of sp³-hybridized carbons (Fsp3) is 0.312. The van der Waals surface area contributed by atoms with Crippen molar-refractivity contribution in [1.29, 1.82) is 0 Å². The van der Waals surface area contributed by atoms with Gasteiger partial charge in [-0.2, -0.15) is 4.98 Å². The van der Waals surface area contributed by atoms with E-state index in [1.165, 1.54) is 0 Å². The van der Waals surface area contributed by atoms with E-state index in [0.29, 0.717) is 75.9 Å². The number of carboxylic acid groups (broad SMARTS) is 1. The van der Waals surface area contributed by atoms with E-state index in [1.807, 2.05) is 29.7 Å². The number of hydrogen-bond acceptors (Lipinski definition) is 8. The van der Waals surface area contributed by atoms with E-state index < -0.39 is 11.4 Å². The number of benzene rings is 2. The molecule has 2 aromatic carbocycles. The third-order valence-corrected chi connectivity index (χ3v) is 7.41. The first-order valence-corrected chi connectivity index (χ1v) is 13.8. The monoisotopic (exact) mass is 567 g/mol. The van der Waals surface area contributed by atoms with E-state index in [0.717, 1.165) is 24.8 Å². The quantitative estimate of drug-likeness (QED) is 0.254. The van der Waals surface area contributed by atoms with Gasteiger partial charge in [0.05, 0.1) is 25.3 Å². The zero-order chi connectivity index (χ0) is 30.0. The Morgan fingerprint density at radius 3 is 2.57 bits per heavy atom. The zero-order valence-electron chi connectivity index (χ0n) is 23.9. The average molecular weight is 568 g/mol. The van der Waals surface area contributed by atoms with Crippen molar-refractivity contribution < 1.29 is 19.4 Å². The molecule has 5 N–H and O–H groups in total. The maximum Gasteiger partial charge on any atom is 0.341 e. The zero-order valence-corrected chi connectivity index (χ0v) is 23.9. The van der Waals surface area contributed by atoms with Gasteiger partial charge < -0.3 is 30.6 Å². The highest BCUT2D eigenvalue weighted by Gasteiger charge is 2.28. The summed E-state index contributed by atoms with van der Waals surface area (Å²) < 4.78 is 13.2. The van der Waals surface area contributed by atoms with Gasteiger partial charge in [0.25, 0.3) is 0 Å². The summed E-state index contributed by atoms with van der Waals surface area (Å²) in [6.07, 6.45) is 5.48. The molecular weight excluding hydrogens is 534 g/mol. The molecule has 0 unspecified atom stereocenters. The molecule has 1 aliphatic carbocycles. The van der Waals surface area contributed by atoms with E-state index in [-0.39, 0.29) is 11.5 Å². The largest absolute Gasteiger partial charge is 0.493 e. The predicted octanol–water partition coefficient (Wildman–Crippen LogP) is 4.02. The Kier molecular flexibility index (Phi) is 8.02. The van der Waals surface area contributed by atoms with Crippen LogP contribution < -0.4 is 26.4 Å². The smallest absolute Gasteiger partial charge is 0.341 e. The van der Waals surface area contributed by atoms with Gasteiger partial charge in [0.15, 0.2) is 11.5 Å². The number of anilines is 2. The Bertz CT molecular complexity index is 1810. The SMILES string of the molecule is CCCn1c(CC2CC2)c(C(=O)O)c(=O)c2ccc(C#Cc3cc(Cc4cnc(N)nc4N)cc(OC)c3OC)cc21. The highest BCUT2D eigenvalue weighted by molar-refractivity contribution is 5.94. The van der Waals surface area contributed by atoms with Gasteiger partial charge in [-0.15, -0.1) is 0 Å². The molecule has 2 aromatic heterocycles. The third kappa shape index (κ3) is 5.72. The van der Waals surface area contributed by atoms with E-state index in [9.17, 15) is 14.7 Å². The number of carbonyl (C=O) groups is 1. The fourth-order valence-corrected chi connectivity index (χ4v) is 5.22. The molecule has 42 heavy (non-hydrogen) atoms. The molecule has 1 saturated carbocycles. The predicted molar refractivity (Wildman–Crippen MR) is 161 cm³/mol. The number of ether oxygens (including phenoxy) is 2. The molecule has 1 aliphatic rings. The van der Waals surface area contributed by atoms with Crippen molar-refractivity contribution in [1.82, 2.24) is 14.5 Å². The summed E-state index contributed by atoms with van der Waals surface area (Å²) in [6.45, 7) is 2.63. The Hall–Kier alpha value is -5.04. The highest BCUT2D eigenvalue weighted by atomic mass is 16.5. The van der Waals surface area contributed by atoms with Crippen molar-refractivity contribution in [2.45, 2.75) is 45.6 Å². The van der Waals surface area contributed by atoms with Crippen molar-refractivity contribution >= 4 is 28.6 Å². The average Bonchev–Trinajstić information content (AvgIpc) is 3.79. The second-order valence-electron chi connectivity index (χ2n) is 10.4. The van der Waals surface area contributed by atoms with Gasteiger partial charge in [-0.1, -0.05) is 18.8 Å². The number of rotatable bonds is 9. The molecule has 10 heteroatoms. The molecule has 0 radical (unpaired) electrons. The molecule has 0 bridgehead atoms. The summed E-state index contributed by atoms with van der Waals surface area (Å²) in [4.78, 5) is 33.6. The molecule has 4 aromatic rings. The second kappa shape index (κ2) is 11.8. The van der Waals surface area contributed by atoms with E-state index in [2.05, 4.69) is 21.8 Å². The Labute approximate surface area is 243 Å². The Morgan fingerprint density at radius 2 is 1.93 bits per heavy atom. The number of aromatic nitrogens is 3. The van der Waals surface area contributed by atoms with Crippen LogP contribution in [0.5, 0.6) is 11.5 Å². The molecule has 0 aliphatic heterocycles. The second-order valence-corrected chi connectivity index (χ2v) is 10.4. The lowest BCUT2D eigenvalue weighted by atomic mass is 10.0. The van der Waals surface area contributed by atoms with Crippen LogP contribution in [0.4, 0.5) is 11.8 Å². The van der Waals surface area contributed by atoms with E-state index >= 15 is 0 Å². The molecule has 0 atom stereocenters. The van der Waals surface area contributed by atoms with Crippen LogP contribution in [0.15, 0.2) is 41.3 Å². The molecule has 0 saturated heterocycles. The molecule has 0 spiro atoms. The molecule has 5 rings (SSSR count). The van der Waals surface area contributed by atoms with Crippen LogP contribution in [-0.2, 0) is 19.4 Å². The number of nitrogens with two attached hydrogens (primary N) is 2. The molecule has 0 amide bonds. The fourth-order valence-electron chi connectivity index (χ4n) is 5.22. The minimum Gasteiger partial charge on any atom is -0.493 e. The summed E-state index contributed by atoms with van der Waals surface area (Å²) in [5.41, 5.74) is 15.2. The van der Waals surface area contributed by atoms with Crippen LogP contribution >= 0.6 is 0 Å². The van der Waals surface area contributed by atoms with Crippen LogP contribution in [0.25, 0.3) is 10.9 Å². The molecule has 2 heterocycles. The summed E-state index contributed by atoms with van der Waals surface area (Å²) in [7, 11) is 3.11. The summed E-state index contributed by atoms with van der Waals surface area (Å²) in [5.74, 6) is 7.04. The van der Waals surface area contributed by atoms with Crippen molar-refractivity contribution in [3.8, 4) is 23.3 Å². The van der Waals surface area contributed by atoms with Gasteiger partial charge in [0, 0.05) is 41.4 Å². The van der Waals surface area contributed by atoms with Crippen molar-refractivity contribution in [2.24, 2.45) is 5.92 Å². The third-order valence-electron chi connectivity index (χ3n) is 7.41. The molecule has 1 fully saturated rings. The highest BCUT2D eigenvalue weighted by Crippen LogP contribution is 2.35. The topological polar surface area (TPSA) is 156 Å². The lowest BCUT2D eigenvalue weighted by Gasteiger charge is -2.19. The van der Waals surface area contributed by atoms with Crippen LogP contribution in [-0.4, -0.2) is 39.8 Å². The molecule has 216 valence electrons. The van der Waals surface area contributed by atoms with Crippen molar-refractivity contribution in [2.75, 3.05) is 25.7 Å². The van der Waals surface area contributed by atoms with Crippen molar-refractivity contribution in [3.63, 3.8) is 0 Å². The maximum atomic E-state index is 13.3. The van der Waals surface area contributed by atoms with E-state index in [1.54, 1.807) is 32.5 Å². The minimum absolute atomic E-state index is 0.105. The normalized spacial score (nSPS) is 12.5. The number of aromatic carboxylic acids is 1. The number of aryl methyl sites for hydroxylation is 1. The summed E-state index contributed by atoms with van der Waals surface area (Å²) in [5, 5.41) is 10.3. The summed E-state index contributed by atoms with van der Waals surface area (Å²) >= 11 is 0. The first-order valence-electron chi connectivity index (χ1n) is 13.8. The van der Waals surface area contributed by atoms with Gasteiger partial charge in [-0.05, 0) is 67.5 Å². The van der Waals surface area contributed by atoms with Gasteiger partial charge in [0.2, 0.25) is 11.4 Å². The number of hydrogen-bond donors (Lipinski definition) is 3.